The standard InChI is InChI=1S/C16H22N2O3/c1-12-17-15-4-3-14(11-16(15)21-12)20-10-2-7-18-8-5-13(19)6-9-18/h3-4,11,13,19H,2,5-10H2,1H3. The zero-order chi connectivity index (χ0) is 14.7. The maximum absolute atomic E-state index is 9.47. The van der Waals surface area contributed by atoms with E-state index in [0.29, 0.717) is 12.5 Å². The molecule has 1 aliphatic heterocycles. The zero-order valence-corrected chi connectivity index (χ0v) is 12.4. The van der Waals surface area contributed by atoms with Gasteiger partial charge in [0, 0.05) is 32.6 Å². The van der Waals surface area contributed by atoms with Crippen molar-refractivity contribution in [3.8, 4) is 5.75 Å². The number of aromatic nitrogens is 1. The van der Waals surface area contributed by atoms with Gasteiger partial charge in [0.2, 0.25) is 0 Å². The Morgan fingerprint density at radius 2 is 2.19 bits per heavy atom. The highest BCUT2D eigenvalue weighted by Crippen LogP contribution is 2.21. The second-order valence-electron chi connectivity index (χ2n) is 5.64. The number of nitrogens with zero attached hydrogens (tertiary/aromatic N) is 2. The predicted molar refractivity (Wildman–Crippen MR) is 80.5 cm³/mol. The van der Waals surface area contributed by atoms with Crippen LogP contribution in [-0.2, 0) is 0 Å². The highest BCUT2D eigenvalue weighted by molar-refractivity contribution is 5.74. The lowest BCUT2D eigenvalue weighted by molar-refractivity contribution is 0.0800. The second kappa shape index (κ2) is 6.45. The summed E-state index contributed by atoms with van der Waals surface area (Å²) < 4.78 is 11.3. The summed E-state index contributed by atoms with van der Waals surface area (Å²) in [5.41, 5.74) is 1.64. The van der Waals surface area contributed by atoms with Crippen LogP contribution in [0.3, 0.4) is 0 Å². The average Bonchev–Trinajstić information content (AvgIpc) is 2.85. The lowest BCUT2D eigenvalue weighted by atomic mass is 10.1. The van der Waals surface area contributed by atoms with E-state index in [1.165, 1.54) is 0 Å². The van der Waals surface area contributed by atoms with E-state index in [4.69, 9.17) is 9.15 Å². The van der Waals surface area contributed by atoms with E-state index in [0.717, 1.165) is 55.7 Å². The number of fused-ring (bicyclic) bond motifs is 1. The molecule has 0 saturated carbocycles. The van der Waals surface area contributed by atoms with Crippen molar-refractivity contribution in [2.24, 2.45) is 0 Å². The monoisotopic (exact) mass is 290 g/mol. The fourth-order valence-electron chi connectivity index (χ4n) is 2.73. The van der Waals surface area contributed by atoms with E-state index in [1.807, 2.05) is 25.1 Å². The molecule has 5 nitrogen and oxygen atoms in total. The summed E-state index contributed by atoms with van der Waals surface area (Å²) in [6.45, 7) is 5.54. The molecule has 21 heavy (non-hydrogen) atoms. The first-order chi connectivity index (χ1) is 10.2. The van der Waals surface area contributed by atoms with Gasteiger partial charge in [-0.05, 0) is 31.4 Å². The molecule has 0 spiro atoms. The highest BCUT2D eigenvalue weighted by atomic mass is 16.5. The van der Waals surface area contributed by atoms with E-state index < -0.39 is 0 Å². The van der Waals surface area contributed by atoms with Crippen LogP contribution in [0.25, 0.3) is 11.1 Å². The van der Waals surface area contributed by atoms with E-state index >= 15 is 0 Å². The lowest BCUT2D eigenvalue weighted by Crippen LogP contribution is -2.36. The summed E-state index contributed by atoms with van der Waals surface area (Å²) in [6.07, 6.45) is 2.67. The molecule has 1 N–H and O–H groups in total. The molecule has 114 valence electrons. The molecule has 0 radical (unpaired) electrons. The number of aryl methyl sites for hydroxylation is 1. The quantitative estimate of drug-likeness (QED) is 0.857. The fraction of sp³-hybridized carbons (Fsp3) is 0.562. The van der Waals surface area contributed by atoms with Crippen LogP contribution in [0.5, 0.6) is 5.75 Å². The number of hydrogen-bond acceptors (Lipinski definition) is 5. The van der Waals surface area contributed by atoms with Crippen LogP contribution in [-0.4, -0.2) is 47.3 Å². The van der Waals surface area contributed by atoms with Crippen molar-refractivity contribution in [2.45, 2.75) is 32.3 Å². The van der Waals surface area contributed by atoms with Crippen molar-refractivity contribution >= 4 is 11.1 Å². The normalized spacial score (nSPS) is 17.4. The average molecular weight is 290 g/mol. The molecule has 0 atom stereocenters. The van der Waals surface area contributed by atoms with E-state index in [9.17, 15) is 5.11 Å². The largest absolute Gasteiger partial charge is 0.493 e. The Morgan fingerprint density at radius 1 is 1.38 bits per heavy atom. The SMILES string of the molecule is Cc1nc2ccc(OCCCN3CCC(O)CC3)cc2o1. The Hall–Kier alpha value is -1.59. The van der Waals surface area contributed by atoms with Gasteiger partial charge in [0.1, 0.15) is 11.3 Å². The van der Waals surface area contributed by atoms with Crippen molar-refractivity contribution in [1.82, 2.24) is 9.88 Å². The highest BCUT2D eigenvalue weighted by Gasteiger charge is 2.16. The predicted octanol–water partition coefficient (Wildman–Crippen LogP) is 2.36. The number of oxazole rings is 1. The molecule has 1 aromatic heterocycles. The summed E-state index contributed by atoms with van der Waals surface area (Å²) in [4.78, 5) is 6.66. The number of likely N-dealkylation sites (tertiary alicyclic amines) is 1. The molecule has 0 amide bonds. The summed E-state index contributed by atoms with van der Waals surface area (Å²) in [5.74, 6) is 1.50. The van der Waals surface area contributed by atoms with E-state index in [-0.39, 0.29) is 6.10 Å². The molecule has 2 aromatic rings. The number of benzene rings is 1. The van der Waals surface area contributed by atoms with Crippen LogP contribution in [0.4, 0.5) is 0 Å². The third-order valence-electron chi connectivity index (χ3n) is 3.91. The molecule has 0 unspecified atom stereocenters. The first-order valence-electron chi connectivity index (χ1n) is 7.61. The van der Waals surface area contributed by atoms with Gasteiger partial charge in [-0.3, -0.25) is 0 Å². The minimum Gasteiger partial charge on any atom is -0.493 e. The van der Waals surface area contributed by atoms with Gasteiger partial charge >= 0.3 is 0 Å². The third kappa shape index (κ3) is 3.74. The number of rotatable bonds is 5. The number of aliphatic hydroxyl groups excluding tert-OH is 1. The topological polar surface area (TPSA) is 58.7 Å². The van der Waals surface area contributed by atoms with Crippen LogP contribution in [0.2, 0.25) is 0 Å². The van der Waals surface area contributed by atoms with E-state index in [1.54, 1.807) is 0 Å². The molecular weight excluding hydrogens is 268 g/mol. The Labute approximate surface area is 124 Å². The number of hydrogen-bond donors (Lipinski definition) is 1. The van der Waals surface area contributed by atoms with Crippen molar-refractivity contribution in [3.63, 3.8) is 0 Å². The van der Waals surface area contributed by atoms with Crippen molar-refractivity contribution in [3.05, 3.63) is 24.1 Å². The molecule has 1 fully saturated rings. The minimum atomic E-state index is -0.102. The zero-order valence-electron chi connectivity index (χ0n) is 12.4. The minimum absolute atomic E-state index is 0.102. The molecule has 3 rings (SSSR count). The van der Waals surface area contributed by atoms with Crippen LogP contribution in [0.1, 0.15) is 25.2 Å². The molecule has 1 aliphatic rings. The van der Waals surface area contributed by atoms with Crippen molar-refractivity contribution in [2.75, 3.05) is 26.2 Å². The number of aliphatic hydroxyl groups is 1. The smallest absolute Gasteiger partial charge is 0.192 e. The Kier molecular flexibility index (Phi) is 4.41. The molecule has 1 aromatic carbocycles. The molecule has 2 heterocycles. The molecule has 5 heteroatoms. The summed E-state index contributed by atoms with van der Waals surface area (Å²) in [5, 5.41) is 9.47. The number of piperidine rings is 1. The summed E-state index contributed by atoms with van der Waals surface area (Å²) in [6, 6.07) is 5.75. The van der Waals surface area contributed by atoms with Gasteiger partial charge in [-0.1, -0.05) is 0 Å². The van der Waals surface area contributed by atoms with Crippen LogP contribution in [0.15, 0.2) is 22.6 Å². The first kappa shape index (κ1) is 14.4. The van der Waals surface area contributed by atoms with Crippen molar-refractivity contribution in [1.29, 1.82) is 0 Å². The Balaban J connectivity index is 1.44. The number of ether oxygens (including phenoxy) is 1. The van der Waals surface area contributed by atoms with Crippen molar-refractivity contribution < 1.29 is 14.3 Å². The first-order valence-corrected chi connectivity index (χ1v) is 7.61. The molecule has 1 saturated heterocycles. The van der Waals surface area contributed by atoms with Gasteiger partial charge in [-0.2, -0.15) is 0 Å². The maximum Gasteiger partial charge on any atom is 0.192 e. The van der Waals surface area contributed by atoms with Gasteiger partial charge in [-0.15, -0.1) is 0 Å². The van der Waals surface area contributed by atoms with Gasteiger partial charge in [0.25, 0.3) is 0 Å². The van der Waals surface area contributed by atoms with Gasteiger partial charge in [-0.25, -0.2) is 4.98 Å². The van der Waals surface area contributed by atoms with Crippen LogP contribution >= 0.6 is 0 Å². The maximum atomic E-state index is 9.47. The van der Waals surface area contributed by atoms with Gasteiger partial charge in [0.05, 0.1) is 12.7 Å². The molecule has 0 aliphatic carbocycles. The van der Waals surface area contributed by atoms with Crippen LogP contribution in [0, 0.1) is 6.92 Å². The molecule has 0 bridgehead atoms. The Bertz CT molecular complexity index is 588. The van der Waals surface area contributed by atoms with E-state index in [2.05, 4.69) is 9.88 Å². The summed E-state index contributed by atoms with van der Waals surface area (Å²) >= 11 is 0. The summed E-state index contributed by atoms with van der Waals surface area (Å²) in [7, 11) is 0. The Morgan fingerprint density at radius 3 is 3.00 bits per heavy atom. The third-order valence-corrected chi connectivity index (χ3v) is 3.91. The molecular formula is C16H22N2O3. The lowest BCUT2D eigenvalue weighted by Gasteiger charge is -2.29. The second-order valence-corrected chi connectivity index (χ2v) is 5.64. The van der Waals surface area contributed by atoms with Gasteiger partial charge in [0.15, 0.2) is 11.5 Å². The van der Waals surface area contributed by atoms with Gasteiger partial charge < -0.3 is 19.2 Å². The van der Waals surface area contributed by atoms with Crippen LogP contribution < -0.4 is 4.74 Å². The fourth-order valence-corrected chi connectivity index (χ4v) is 2.73.